The molecule has 31 heavy (non-hydrogen) atoms. The standard InChI is InChI=1S/C29H34O2/c1-18-15-24-25(29(5,6)14-13-28(24,3)4)17-22(18)19(2)21-9-7-20(8-10-21)16-23-26(30)11-12-27(23)31/h7-10,15,17,23H,2,11-14,16H2,1,3-6H3. The maximum atomic E-state index is 12.0. The molecule has 162 valence electrons. The van der Waals surface area contributed by atoms with Gasteiger partial charge < -0.3 is 0 Å². The molecule has 0 saturated heterocycles. The number of aryl methyl sites for hydroxylation is 1. The monoisotopic (exact) mass is 414 g/mol. The second-order valence-electron chi connectivity index (χ2n) is 10.8. The van der Waals surface area contributed by atoms with E-state index in [1.54, 1.807) is 0 Å². The molecule has 2 aromatic carbocycles. The van der Waals surface area contributed by atoms with Crippen molar-refractivity contribution < 1.29 is 9.59 Å². The van der Waals surface area contributed by atoms with E-state index in [9.17, 15) is 9.59 Å². The van der Waals surface area contributed by atoms with Crippen LogP contribution in [0.4, 0.5) is 0 Å². The van der Waals surface area contributed by atoms with Crippen molar-refractivity contribution in [2.75, 3.05) is 0 Å². The third-order valence-electron chi connectivity index (χ3n) is 7.66. The Balaban J connectivity index is 1.63. The summed E-state index contributed by atoms with van der Waals surface area (Å²) in [6.45, 7) is 16.0. The molecule has 1 saturated carbocycles. The van der Waals surface area contributed by atoms with Crippen LogP contribution in [0.3, 0.4) is 0 Å². The number of benzene rings is 2. The minimum Gasteiger partial charge on any atom is -0.299 e. The summed E-state index contributed by atoms with van der Waals surface area (Å²) in [6, 6.07) is 13.0. The molecule has 1 fully saturated rings. The molecule has 2 heteroatoms. The molecule has 0 heterocycles. The first kappa shape index (κ1) is 21.7. The highest BCUT2D eigenvalue weighted by Gasteiger charge is 2.37. The molecule has 2 aliphatic carbocycles. The smallest absolute Gasteiger partial charge is 0.144 e. The number of rotatable bonds is 4. The zero-order valence-corrected chi connectivity index (χ0v) is 19.6. The highest BCUT2D eigenvalue weighted by Crippen LogP contribution is 2.47. The van der Waals surface area contributed by atoms with Crippen LogP contribution in [0.25, 0.3) is 5.57 Å². The first-order chi connectivity index (χ1) is 14.5. The minimum atomic E-state index is -0.442. The first-order valence-corrected chi connectivity index (χ1v) is 11.5. The van der Waals surface area contributed by atoms with Crippen molar-refractivity contribution in [2.45, 2.75) is 77.6 Å². The second kappa shape index (κ2) is 7.58. The van der Waals surface area contributed by atoms with E-state index < -0.39 is 5.92 Å². The average molecular weight is 415 g/mol. The predicted octanol–water partition coefficient (Wildman–Crippen LogP) is 6.50. The van der Waals surface area contributed by atoms with Crippen molar-refractivity contribution in [3.05, 3.63) is 76.4 Å². The third-order valence-corrected chi connectivity index (χ3v) is 7.66. The van der Waals surface area contributed by atoms with E-state index in [-0.39, 0.29) is 22.4 Å². The van der Waals surface area contributed by atoms with Crippen LogP contribution in [0.15, 0.2) is 43.0 Å². The fourth-order valence-electron chi connectivity index (χ4n) is 5.28. The largest absolute Gasteiger partial charge is 0.299 e. The molecule has 4 rings (SSSR count). The van der Waals surface area contributed by atoms with Gasteiger partial charge in [-0.15, -0.1) is 0 Å². The van der Waals surface area contributed by atoms with Gasteiger partial charge in [-0.1, -0.05) is 70.7 Å². The molecule has 0 unspecified atom stereocenters. The highest BCUT2D eigenvalue weighted by molar-refractivity contribution is 6.08. The molecule has 2 aliphatic rings. The molecule has 0 amide bonds. The lowest BCUT2D eigenvalue weighted by Gasteiger charge is -2.42. The molecular weight excluding hydrogens is 380 g/mol. The van der Waals surface area contributed by atoms with Crippen LogP contribution in [-0.2, 0) is 26.8 Å². The van der Waals surface area contributed by atoms with Crippen LogP contribution in [0.1, 0.15) is 86.8 Å². The zero-order chi connectivity index (χ0) is 22.6. The van der Waals surface area contributed by atoms with Crippen molar-refractivity contribution in [1.29, 1.82) is 0 Å². The summed E-state index contributed by atoms with van der Waals surface area (Å²) in [7, 11) is 0. The van der Waals surface area contributed by atoms with Gasteiger partial charge in [0, 0.05) is 12.8 Å². The molecule has 0 aromatic heterocycles. The van der Waals surface area contributed by atoms with Crippen LogP contribution >= 0.6 is 0 Å². The SMILES string of the molecule is C=C(c1ccc(CC2C(=O)CCC2=O)cc1)c1cc2c(cc1C)C(C)(C)CCC2(C)C. The summed E-state index contributed by atoms with van der Waals surface area (Å²) in [6.07, 6.45) is 3.73. The summed E-state index contributed by atoms with van der Waals surface area (Å²) < 4.78 is 0. The van der Waals surface area contributed by atoms with Crippen LogP contribution in [-0.4, -0.2) is 11.6 Å². The number of carbonyl (C=O) groups excluding carboxylic acids is 2. The van der Waals surface area contributed by atoms with E-state index in [0.29, 0.717) is 19.3 Å². The van der Waals surface area contributed by atoms with E-state index in [0.717, 1.165) is 16.7 Å². The van der Waals surface area contributed by atoms with Crippen molar-refractivity contribution in [1.82, 2.24) is 0 Å². The Morgan fingerprint density at radius 2 is 1.42 bits per heavy atom. The van der Waals surface area contributed by atoms with E-state index in [2.05, 4.69) is 65.5 Å². The molecule has 0 aliphatic heterocycles. The van der Waals surface area contributed by atoms with Gasteiger partial charge in [-0.2, -0.15) is 0 Å². The minimum absolute atomic E-state index is 0.0914. The molecule has 2 nitrogen and oxygen atoms in total. The van der Waals surface area contributed by atoms with Crippen LogP contribution in [0, 0.1) is 12.8 Å². The van der Waals surface area contributed by atoms with Crippen LogP contribution < -0.4 is 0 Å². The Morgan fingerprint density at radius 3 is 1.97 bits per heavy atom. The van der Waals surface area contributed by atoms with E-state index in [4.69, 9.17) is 0 Å². The van der Waals surface area contributed by atoms with Crippen LogP contribution in [0.2, 0.25) is 0 Å². The van der Waals surface area contributed by atoms with Crippen molar-refractivity contribution in [3.63, 3.8) is 0 Å². The number of hydrogen-bond donors (Lipinski definition) is 0. The Kier molecular flexibility index (Phi) is 5.32. The van der Waals surface area contributed by atoms with Gasteiger partial charge in [-0.25, -0.2) is 0 Å². The van der Waals surface area contributed by atoms with Crippen molar-refractivity contribution >= 4 is 17.1 Å². The molecule has 0 spiro atoms. The Labute approximate surface area is 186 Å². The second-order valence-corrected chi connectivity index (χ2v) is 10.8. The summed E-state index contributed by atoms with van der Waals surface area (Å²) in [5.41, 5.74) is 8.90. The third kappa shape index (κ3) is 3.93. The number of hydrogen-bond acceptors (Lipinski definition) is 2. The highest BCUT2D eigenvalue weighted by atomic mass is 16.2. The molecule has 0 bridgehead atoms. The fraction of sp³-hybridized carbons (Fsp3) is 0.448. The molecule has 0 N–H and O–H groups in total. The summed E-state index contributed by atoms with van der Waals surface area (Å²) >= 11 is 0. The topological polar surface area (TPSA) is 34.1 Å². The molecular formula is C29H34O2. The summed E-state index contributed by atoms with van der Waals surface area (Å²) in [5.74, 6) is -0.259. The predicted molar refractivity (Wildman–Crippen MR) is 127 cm³/mol. The average Bonchev–Trinajstić information content (AvgIpc) is 3.03. The van der Waals surface area contributed by atoms with Gasteiger partial charge in [0.15, 0.2) is 0 Å². The van der Waals surface area contributed by atoms with Gasteiger partial charge in [0.05, 0.1) is 5.92 Å². The Bertz CT molecular complexity index is 1050. The first-order valence-electron chi connectivity index (χ1n) is 11.5. The lowest BCUT2D eigenvalue weighted by molar-refractivity contribution is -0.127. The van der Waals surface area contributed by atoms with E-state index in [1.165, 1.54) is 35.1 Å². The van der Waals surface area contributed by atoms with Crippen molar-refractivity contribution in [2.24, 2.45) is 5.92 Å². The fourth-order valence-corrected chi connectivity index (χ4v) is 5.28. The van der Waals surface area contributed by atoms with E-state index in [1.807, 2.05) is 12.1 Å². The van der Waals surface area contributed by atoms with Crippen molar-refractivity contribution in [3.8, 4) is 0 Å². The van der Waals surface area contributed by atoms with Crippen LogP contribution in [0.5, 0.6) is 0 Å². The molecule has 2 aromatic rings. The van der Waals surface area contributed by atoms with Gasteiger partial charge in [-0.3, -0.25) is 9.59 Å². The molecule has 0 atom stereocenters. The van der Waals surface area contributed by atoms with Gasteiger partial charge in [0.1, 0.15) is 11.6 Å². The summed E-state index contributed by atoms with van der Waals surface area (Å²) in [5, 5.41) is 0. The maximum absolute atomic E-state index is 12.0. The van der Waals surface area contributed by atoms with Gasteiger partial charge in [0.2, 0.25) is 0 Å². The number of carbonyl (C=O) groups is 2. The van der Waals surface area contributed by atoms with Gasteiger partial charge in [0.25, 0.3) is 0 Å². The number of fused-ring (bicyclic) bond motifs is 1. The maximum Gasteiger partial charge on any atom is 0.144 e. The van der Waals surface area contributed by atoms with Gasteiger partial charge >= 0.3 is 0 Å². The number of Topliss-reactive ketones (excluding diaryl/α,β-unsaturated/α-hetero) is 2. The number of ketones is 2. The zero-order valence-electron chi connectivity index (χ0n) is 19.6. The quantitative estimate of drug-likeness (QED) is 0.535. The Hall–Kier alpha value is -2.48. The lowest BCUT2D eigenvalue weighted by Crippen LogP contribution is -2.34. The molecule has 0 radical (unpaired) electrons. The van der Waals surface area contributed by atoms with E-state index >= 15 is 0 Å². The normalized spacial score (nSPS) is 20.0. The van der Waals surface area contributed by atoms with Gasteiger partial charge in [-0.05, 0) is 76.0 Å². The lowest BCUT2D eigenvalue weighted by atomic mass is 9.62. The summed E-state index contributed by atoms with van der Waals surface area (Å²) in [4.78, 5) is 23.9. The Morgan fingerprint density at radius 1 is 0.903 bits per heavy atom.